The van der Waals surface area contributed by atoms with Crippen molar-refractivity contribution in [3.63, 3.8) is 0 Å². The number of nitrogens with zero attached hydrogens (tertiary/aromatic N) is 2. The first kappa shape index (κ1) is 17.8. The smallest absolute Gasteiger partial charge is 0.241 e. The van der Waals surface area contributed by atoms with Gasteiger partial charge in [-0.15, -0.1) is 0 Å². The minimum Gasteiger partial charge on any atom is -0.376 e. The zero-order valence-corrected chi connectivity index (χ0v) is 15.6. The Labute approximate surface area is 160 Å². The fourth-order valence-electron chi connectivity index (χ4n) is 4.10. The zero-order valence-electron chi connectivity index (χ0n) is 15.6. The van der Waals surface area contributed by atoms with Crippen LogP contribution in [0, 0.1) is 5.82 Å². The molecule has 0 bridgehead atoms. The van der Waals surface area contributed by atoms with Crippen LogP contribution in [0.25, 0.3) is 0 Å². The topological polar surface area (TPSA) is 35.6 Å². The van der Waals surface area contributed by atoms with Crippen molar-refractivity contribution in [3.8, 4) is 0 Å². The largest absolute Gasteiger partial charge is 0.376 e. The van der Waals surface area contributed by atoms with Crippen LogP contribution in [0.3, 0.4) is 0 Å². The number of piperazine rings is 1. The number of anilines is 2. The average molecular weight is 367 g/mol. The maximum atomic E-state index is 13.1. The van der Waals surface area contributed by atoms with Crippen LogP contribution in [0.5, 0.6) is 0 Å². The lowest BCUT2D eigenvalue weighted by Gasteiger charge is -2.36. The Balaban J connectivity index is 1.31. The Morgan fingerprint density at radius 1 is 0.963 bits per heavy atom. The number of fused-ring (bicyclic) bond motifs is 1. The summed E-state index contributed by atoms with van der Waals surface area (Å²) >= 11 is 0. The fourth-order valence-corrected chi connectivity index (χ4v) is 4.10. The molecule has 2 aromatic carbocycles. The van der Waals surface area contributed by atoms with E-state index in [1.54, 1.807) is 12.1 Å². The molecule has 0 radical (unpaired) electrons. The lowest BCUT2D eigenvalue weighted by molar-refractivity contribution is -0.129. The monoisotopic (exact) mass is 367 g/mol. The highest BCUT2D eigenvalue weighted by Gasteiger charge is 2.21. The Morgan fingerprint density at radius 2 is 1.70 bits per heavy atom. The third-order valence-corrected chi connectivity index (χ3v) is 5.65. The van der Waals surface area contributed by atoms with Gasteiger partial charge in [0.1, 0.15) is 5.82 Å². The van der Waals surface area contributed by atoms with E-state index in [4.69, 9.17) is 0 Å². The molecule has 2 aromatic rings. The number of nitrogens with one attached hydrogen (secondary N) is 1. The van der Waals surface area contributed by atoms with Crippen LogP contribution in [0.15, 0.2) is 42.5 Å². The Morgan fingerprint density at radius 3 is 2.48 bits per heavy atom. The summed E-state index contributed by atoms with van der Waals surface area (Å²) in [7, 11) is 0. The van der Waals surface area contributed by atoms with Crippen molar-refractivity contribution in [3.05, 3.63) is 59.4 Å². The van der Waals surface area contributed by atoms with Crippen LogP contribution in [-0.2, 0) is 17.6 Å². The second-order valence-electron chi connectivity index (χ2n) is 7.35. The van der Waals surface area contributed by atoms with Crippen LogP contribution < -0.4 is 10.2 Å². The van der Waals surface area contributed by atoms with Gasteiger partial charge < -0.3 is 15.1 Å². The molecule has 4 nitrogen and oxygen atoms in total. The lowest BCUT2D eigenvalue weighted by Crippen LogP contribution is -2.50. The molecule has 1 heterocycles. The summed E-state index contributed by atoms with van der Waals surface area (Å²) in [5.41, 5.74) is 4.94. The maximum absolute atomic E-state index is 13.1. The molecule has 1 amide bonds. The van der Waals surface area contributed by atoms with Crippen LogP contribution in [0.2, 0.25) is 0 Å². The van der Waals surface area contributed by atoms with Gasteiger partial charge in [-0.3, -0.25) is 4.79 Å². The van der Waals surface area contributed by atoms with Gasteiger partial charge >= 0.3 is 0 Å². The van der Waals surface area contributed by atoms with Gasteiger partial charge in [-0.25, -0.2) is 4.39 Å². The third kappa shape index (κ3) is 4.07. The number of aryl methyl sites for hydroxylation is 1. The number of rotatable bonds is 4. The fraction of sp³-hybridized carbons (Fsp3) is 0.409. The van der Waals surface area contributed by atoms with Crippen LogP contribution in [0.1, 0.15) is 24.0 Å². The summed E-state index contributed by atoms with van der Waals surface area (Å²) in [6.45, 7) is 3.29. The predicted molar refractivity (Wildman–Crippen MR) is 107 cm³/mol. The molecular formula is C22H26FN3O. The van der Waals surface area contributed by atoms with E-state index in [9.17, 15) is 9.18 Å². The van der Waals surface area contributed by atoms with Crippen molar-refractivity contribution in [1.29, 1.82) is 0 Å². The van der Waals surface area contributed by atoms with Crippen LogP contribution >= 0.6 is 0 Å². The molecule has 5 heteroatoms. The molecule has 0 aromatic heterocycles. The molecule has 0 spiro atoms. The van der Waals surface area contributed by atoms with E-state index in [1.165, 1.54) is 36.1 Å². The molecule has 1 N–H and O–H groups in total. The van der Waals surface area contributed by atoms with E-state index in [1.807, 2.05) is 4.90 Å². The first-order chi connectivity index (χ1) is 13.2. The van der Waals surface area contributed by atoms with Crippen molar-refractivity contribution in [2.45, 2.75) is 25.7 Å². The maximum Gasteiger partial charge on any atom is 0.241 e. The molecule has 1 fully saturated rings. The summed E-state index contributed by atoms with van der Waals surface area (Å²) < 4.78 is 13.1. The van der Waals surface area contributed by atoms with E-state index in [0.717, 1.165) is 37.3 Å². The SMILES string of the molecule is O=C(CNc1cccc2c1CCCC2)N1CCN(c2ccc(F)cc2)CC1. The minimum atomic E-state index is -0.221. The highest BCUT2D eigenvalue weighted by atomic mass is 19.1. The number of amides is 1. The first-order valence-corrected chi connectivity index (χ1v) is 9.83. The standard InChI is InChI=1S/C22H26FN3O/c23-18-8-10-19(11-9-18)25-12-14-26(15-13-25)22(27)16-24-21-7-3-5-17-4-1-2-6-20(17)21/h3,5,7-11,24H,1-2,4,6,12-16H2. The van der Waals surface area contributed by atoms with Crippen molar-refractivity contribution in [1.82, 2.24) is 4.90 Å². The summed E-state index contributed by atoms with van der Waals surface area (Å²) in [6.07, 6.45) is 4.73. The van der Waals surface area contributed by atoms with Crippen molar-refractivity contribution >= 4 is 17.3 Å². The van der Waals surface area contributed by atoms with Gasteiger partial charge in [-0.2, -0.15) is 0 Å². The first-order valence-electron chi connectivity index (χ1n) is 9.83. The van der Waals surface area contributed by atoms with Gasteiger partial charge in [0.2, 0.25) is 5.91 Å². The predicted octanol–water partition coefficient (Wildman–Crippen LogP) is 3.47. The van der Waals surface area contributed by atoms with Crippen molar-refractivity contribution in [2.24, 2.45) is 0 Å². The summed E-state index contributed by atoms with van der Waals surface area (Å²) in [5, 5.41) is 3.37. The van der Waals surface area contributed by atoms with Crippen molar-refractivity contribution in [2.75, 3.05) is 42.9 Å². The van der Waals surface area contributed by atoms with E-state index in [2.05, 4.69) is 28.4 Å². The quantitative estimate of drug-likeness (QED) is 0.899. The highest BCUT2D eigenvalue weighted by Crippen LogP contribution is 2.27. The Kier molecular flexibility index (Phi) is 5.28. The molecule has 1 saturated heterocycles. The summed E-state index contributed by atoms with van der Waals surface area (Å²) in [6, 6.07) is 12.9. The van der Waals surface area contributed by atoms with E-state index >= 15 is 0 Å². The van der Waals surface area contributed by atoms with Crippen LogP contribution in [-0.4, -0.2) is 43.5 Å². The van der Waals surface area contributed by atoms with Gasteiger partial charge in [0.25, 0.3) is 0 Å². The molecule has 0 saturated carbocycles. The Bertz CT molecular complexity index is 798. The number of hydrogen-bond donors (Lipinski definition) is 1. The number of benzene rings is 2. The van der Waals surface area contributed by atoms with E-state index in [0.29, 0.717) is 19.6 Å². The Hall–Kier alpha value is -2.56. The summed E-state index contributed by atoms with van der Waals surface area (Å²) in [4.78, 5) is 16.7. The van der Waals surface area contributed by atoms with Gasteiger partial charge in [0.15, 0.2) is 0 Å². The number of hydrogen-bond acceptors (Lipinski definition) is 3. The number of carbonyl (C=O) groups is 1. The van der Waals surface area contributed by atoms with Gasteiger partial charge in [-0.05, 0) is 67.1 Å². The summed E-state index contributed by atoms with van der Waals surface area (Å²) in [5.74, 6) is -0.0797. The average Bonchev–Trinajstić information content (AvgIpc) is 2.72. The zero-order chi connectivity index (χ0) is 18.6. The second-order valence-corrected chi connectivity index (χ2v) is 7.35. The molecule has 0 unspecified atom stereocenters. The molecular weight excluding hydrogens is 341 g/mol. The molecule has 27 heavy (non-hydrogen) atoms. The van der Waals surface area contributed by atoms with Crippen molar-refractivity contribution < 1.29 is 9.18 Å². The van der Waals surface area contributed by atoms with E-state index in [-0.39, 0.29) is 11.7 Å². The second kappa shape index (κ2) is 7.99. The highest BCUT2D eigenvalue weighted by molar-refractivity contribution is 5.81. The molecule has 142 valence electrons. The van der Waals surface area contributed by atoms with E-state index < -0.39 is 0 Å². The van der Waals surface area contributed by atoms with Gasteiger partial charge in [0.05, 0.1) is 6.54 Å². The van der Waals surface area contributed by atoms with Gasteiger partial charge in [-0.1, -0.05) is 12.1 Å². The normalized spacial score (nSPS) is 16.8. The molecule has 1 aliphatic heterocycles. The molecule has 4 rings (SSSR count). The minimum absolute atomic E-state index is 0.141. The number of halogens is 1. The lowest BCUT2D eigenvalue weighted by atomic mass is 9.90. The molecule has 1 aliphatic carbocycles. The third-order valence-electron chi connectivity index (χ3n) is 5.65. The molecule has 2 aliphatic rings. The van der Waals surface area contributed by atoms with Gasteiger partial charge in [0, 0.05) is 37.6 Å². The number of carbonyl (C=O) groups excluding carboxylic acids is 1. The van der Waals surface area contributed by atoms with Crippen LogP contribution in [0.4, 0.5) is 15.8 Å². The molecule has 0 atom stereocenters.